The van der Waals surface area contributed by atoms with Crippen LogP contribution in [0.15, 0.2) is 12.3 Å². The van der Waals surface area contributed by atoms with E-state index in [9.17, 15) is 13.2 Å². The van der Waals surface area contributed by atoms with Crippen molar-refractivity contribution in [1.29, 1.82) is 0 Å². The molecule has 0 aromatic heterocycles. The molecule has 0 atom stereocenters. The van der Waals surface area contributed by atoms with Gasteiger partial charge in [-0.25, -0.2) is 0 Å². The number of hydrogen-bond donors (Lipinski definition) is 1. The molecular formula is C9H14F3N. The first kappa shape index (κ1) is 10.4. The van der Waals surface area contributed by atoms with E-state index in [1.54, 1.807) is 0 Å². The van der Waals surface area contributed by atoms with Crippen LogP contribution < -0.4 is 5.32 Å². The van der Waals surface area contributed by atoms with E-state index in [4.69, 9.17) is 0 Å². The summed E-state index contributed by atoms with van der Waals surface area (Å²) in [4.78, 5) is 0. The standard InChI is InChI=1S/C9H14F3N/c1-7(9(10,11)12)13-8-5-3-2-4-6-8/h8,13H,1-6H2. The SMILES string of the molecule is C=C(NC1CCCCC1)C(F)(F)F. The Bertz CT molecular complexity index is 180. The highest BCUT2D eigenvalue weighted by Gasteiger charge is 2.33. The fourth-order valence-electron chi connectivity index (χ4n) is 1.58. The third-order valence-electron chi connectivity index (χ3n) is 2.33. The van der Waals surface area contributed by atoms with Crippen LogP contribution in [0.5, 0.6) is 0 Å². The summed E-state index contributed by atoms with van der Waals surface area (Å²) in [5.41, 5.74) is -0.806. The van der Waals surface area contributed by atoms with Crippen molar-refractivity contribution >= 4 is 0 Å². The Hall–Kier alpha value is -0.670. The molecule has 0 amide bonds. The van der Waals surface area contributed by atoms with Gasteiger partial charge in [0.2, 0.25) is 0 Å². The molecule has 76 valence electrons. The lowest BCUT2D eigenvalue weighted by atomic mass is 9.95. The van der Waals surface area contributed by atoms with Gasteiger partial charge < -0.3 is 5.32 Å². The molecule has 0 aliphatic heterocycles. The van der Waals surface area contributed by atoms with Gasteiger partial charge in [0.1, 0.15) is 5.70 Å². The predicted molar refractivity (Wildman–Crippen MR) is 45.2 cm³/mol. The van der Waals surface area contributed by atoms with Crippen molar-refractivity contribution < 1.29 is 13.2 Å². The highest BCUT2D eigenvalue weighted by molar-refractivity contribution is 5.01. The molecule has 0 radical (unpaired) electrons. The van der Waals surface area contributed by atoms with Crippen LogP contribution in [0.3, 0.4) is 0 Å². The Balaban J connectivity index is 2.35. The summed E-state index contributed by atoms with van der Waals surface area (Å²) in [5, 5.41) is 2.44. The number of rotatable bonds is 2. The third kappa shape index (κ3) is 3.28. The second-order valence-corrected chi connectivity index (χ2v) is 3.46. The van der Waals surface area contributed by atoms with Crippen molar-refractivity contribution in [1.82, 2.24) is 5.32 Å². The lowest BCUT2D eigenvalue weighted by Gasteiger charge is -2.25. The smallest absolute Gasteiger partial charge is 0.379 e. The first-order valence-corrected chi connectivity index (χ1v) is 4.53. The predicted octanol–water partition coefficient (Wildman–Crippen LogP) is 2.98. The zero-order valence-electron chi connectivity index (χ0n) is 7.45. The molecule has 0 bridgehead atoms. The molecule has 1 aliphatic carbocycles. The second kappa shape index (κ2) is 4.03. The van der Waals surface area contributed by atoms with E-state index in [1.165, 1.54) is 0 Å². The van der Waals surface area contributed by atoms with Gasteiger partial charge in [-0.15, -0.1) is 0 Å². The molecule has 0 unspecified atom stereocenters. The summed E-state index contributed by atoms with van der Waals surface area (Å²) in [6.45, 7) is 2.98. The first-order valence-electron chi connectivity index (χ1n) is 4.53. The molecule has 0 heterocycles. The number of alkyl halides is 3. The molecule has 1 fully saturated rings. The average molecular weight is 193 g/mol. The second-order valence-electron chi connectivity index (χ2n) is 3.46. The van der Waals surface area contributed by atoms with Gasteiger partial charge in [-0.1, -0.05) is 25.8 Å². The Labute approximate surface area is 76.0 Å². The van der Waals surface area contributed by atoms with Crippen LogP contribution in [0.25, 0.3) is 0 Å². The molecule has 1 saturated carbocycles. The maximum Gasteiger partial charge on any atom is 0.430 e. The summed E-state index contributed by atoms with van der Waals surface area (Å²) >= 11 is 0. The summed E-state index contributed by atoms with van der Waals surface area (Å²) < 4.78 is 36.1. The van der Waals surface area contributed by atoms with E-state index in [2.05, 4.69) is 11.9 Å². The fraction of sp³-hybridized carbons (Fsp3) is 0.778. The van der Waals surface area contributed by atoms with Gasteiger partial charge in [-0.2, -0.15) is 13.2 Å². The van der Waals surface area contributed by atoms with Crippen LogP contribution in [0.2, 0.25) is 0 Å². The molecule has 0 spiro atoms. The molecule has 1 N–H and O–H groups in total. The van der Waals surface area contributed by atoms with E-state index in [-0.39, 0.29) is 6.04 Å². The fourth-order valence-corrected chi connectivity index (χ4v) is 1.58. The van der Waals surface area contributed by atoms with Crippen LogP contribution in [0, 0.1) is 0 Å². The van der Waals surface area contributed by atoms with Crippen molar-refractivity contribution in [2.45, 2.75) is 44.3 Å². The van der Waals surface area contributed by atoms with Gasteiger partial charge in [0.15, 0.2) is 0 Å². The third-order valence-corrected chi connectivity index (χ3v) is 2.33. The molecule has 13 heavy (non-hydrogen) atoms. The summed E-state index contributed by atoms with van der Waals surface area (Å²) in [6.07, 6.45) is 0.532. The van der Waals surface area contributed by atoms with Crippen molar-refractivity contribution in [2.75, 3.05) is 0 Å². The normalized spacial score (nSPS) is 19.9. The quantitative estimate of drug-likeness (QED) is 0.710. The Morgan fingerprint density at radius 3 is 2.15 bits per heavy atom. The molecule has 1 rings (SSSR count). The minimum atomic E-state index is -4.29. The maximum atomic E-state index is 12.0. The zero-order valence-corrected chi connectivity index (χ0v) is 7.45. The van der Waals surface area contributed by atoms with Crippen molar-refractivity contribution in [3.05, 3.63) is 12.3 Å². The summed E-state index contributed by atoms with van der Waals surface area (Å²) in [7, 11) is 0. The number of halogens is 3. The summed E-state index contributed by atoms with van der Waals surface area (Å²) in [5.74, 6) is 0. The summed E-state index contributed by atoms with van der Waals surface area (Å²) in [6, 6.07) is -0.0251. The van der Waals surface area contributed by atoms with Crippen LogP contribution in [-0.2, 0) is 0 Å². The monoisotopic (exact) mass is 193 g/mol. The van der Waals surface area contributed by atoms with Gasteiger partial charge in [0.25, 0.3) is 0 Å². The number of allylic oxidation sites excluding steroid dienone is 1. The van der Waals surface area contributed by atoms with Crippen LogP contribution >= 0.6 is 0 Å². The number of nitrogens with one attached hydrogen (secondary N) is 1. The molecule has 0 aromatic rings. The van der Waals surface area contributed by atoms with Gasteiger partial charge in [0, 0.05) is 6.04 Å². The topological polar surface area (TPSA) is 12.0 Å². The van der Waals surface area contributed by atoms with Crippen molar-refractivity contribution in [3.8, 4) is 0 Å². The highest BCUT2D eigenvalue weighted by Crippen LogP contribution is 2.25. The molecule has 4 heteroatoms. The molecular weight excluding hydrogens is 179 g/mol. The van der Waals surface area contributed by atoms with E-state index < -0.39 is 11.9 Å². The van der Waals surface area contributed by atoms with E-state index in [0.29, 0.717) is 0 Å². The largest absolute Gasteiger partial charge is 0.430 e. The molecule has 0 aromatic carbocycles. The maximum absolute atomic E-state index is 12.0. The number of hydrogen-bond acceptors (Lipinski definition) is 1. The molecule has 1 aliphatic rings. The van der Waals surface area contributed by atoms with Crippen LogP contribution in [0.1, 0.15) is 32.1 Å². The minimum Gasteiger partial charge on any atom is -0.379 e. The Kier molecular flexibility index (Phi) is 3.22. The zero-order chi connectivity index (χ0) is 9.90. The van der Waals surface area contributed by atoms with Crippen LogP contribution in [0.4, 0.5) is 13.2 Å². The lowest BCUT2D eigenvalue weighted by molar-refractivity contribution is -0.0976. The van der Waals surface area contributed by atoms with Crippen molar-refractivity contribution in [3.63, 3.8) is 0 Å². The van der Waals surface area contributed by atoms with E-state index >= 15 is 0 Å². The van der Waals surface area contributed by atoms with Gasteiger partial charge in [-0.05, 0) is 12.8 Å². The molecule has 1 nitrogen and oxygen atoms in total. The Morgan fingerprint density at radius 1 is 1.15 bits per heavy atom. The highest BCUT2D eigenvalue weighted by atomic mass is 19.4. The Morgan fingerprint density at radius 2 is 1.69 bits per heavy atom. The van der Waals surface area contributed by atoms with Crippen LogP contribution in [-0.4, -0.2) is 12.2 Å². The van der Waals surface area contributed by atoms with Gasteiger partial charge in [0.05, 0.1) is 0 Å². The van der Waals surface area contributed by atoms with Gasteiger partial charge in [-0.3, -0.25) is 0 Å². The van der Waals surface area contributed by atoms with Crippen molar-refractivity contribution in [2.24, 2.45) is 0 Å². The molecule has 0 saturated heterocycles. The first-order chi connectivity index (χ1) is 6.00. The average Bonchev–Trinajstić information content (AvgIpc) is 2.04. The van der Waals surface area contributed by atoms with Gasteiger partial charge >= 0.3 is 6.18 Å². The van der Waals surface area contributed by atoms with E-state index in [1.807, 2.05) is 0 Å². The van der Waals surface area contributed by atoms with E-state index in [0.717, 1.165) is 32.1 Å². The minimum absolute atomic E-state index is 0.0251. The lowest BCUT2D eigenvalue weighted by Crippen LogP contribution is -2.35.